The molecule has 35 heavy (non-hydrogen) atoms. The molecule has 9 nitrogen and oxygen atoms in total. The van der Waals surface area contributed by atoms with E-state index in [1.165, 1.54) is 64.1 Å². The summed E-state index contributed by atoms with van der Waals surface area (Å²) in [6.07, 6.45) is 22.2. The number of nitrogen functional groups attached to an aromatic ring is 1. The van der Waals surface area contributed by atoms with E-state index < -0.39 is 0 Å². The Hall–Kier alpha value is -2.52. The Balaban J connectivity index is 1.58. The van der Waals surface area contributed by atoms with E-state index in [1.807, 2.05) is 0 Å². The fourth-order valence-electron chi connectivity index (χ4n) is 3.83. The molecular weight excluding hydrogens is 446 g/mol. The largest absolute Gasteiger partial charge is 0.405 e. The second kappa shape index (κ2) is 17.8. The van der Waals surface area contributed by atoms with Crippen LogP contribution in [0, 0.1) is 0 Å². The van der Waals surface area contributed by atoms with Crippen molar-refractivity contribution in [1.82, 2.24) is 19.5 Å². The summed E-state index contributed by atoms with van der Waals surface area (Å²) in [4.78, 5) is 24.7. The van der Waals surface area contributed by atoms with E-state index in [2.05, 4.69) is 34.0 Å². The molecule has 3 N–H and O–H groups in total. The van der Waals surface area contributed by atoms with E-state index in [0.29, 0.717) is 17.6 Å². The van der Waals surface area contributed by atoms with Crippen LogP contribution >= 0.6 is 0 Å². The van der Waals surface area contributed by atoms with Crippen LogP contribution in [0.4, 0.5) is 5.95 Å². The molecule has 9 heteroatoms. The van der Waals surface area contributed by atoms with Crippen molar-refractivity contribution < 1.29 is 19.4 Å². The van der Waals surface area contributed by atoms with Crippen LogP contribution in [0.2, 0.25) is 0 Å². The lowest BCUT2D eigenvalue weighted by molar-refractivity contribution is -0.134. The Morgan fingerprint density at radius 3 is 2.34 bits per heavy atom. The highest BCUT2D eigenvalue weighted by molar-refractivity contribution is 5.81. The molecule has 0 spiro atoms. The third-order valence-electron chi connectivity index (χ3n) is 5.77. The first-order valence-electron chi connectivity index (χ1n) is 13.2. The van der Waals surface area contributed by atoms with Crippen molar-refractivity contribution in [1.29, 1.82) is 0 Å². The summed E-state index contributed by atoms with van der Waals surface area (Å²) >= 11 is 0. The van der Waals surface area contributed by atoms with Crippen LogP contribution in [0.5, 0.6) is 5.88 Å². The molecule has 2 heterocycles. The van der Waals surface area contributed by atoms with Crippen LogP contribution in [0.3, 0.4) is 0 Å². The third kappa shape index (κ3) is 11.6. The molecule has 0 saturated heterocycles. The maximum absolute atomic E-state index is 12.3. The van der Waals surface area contributed by atoms with Crippen LogP contribution < -0.4 is 10.5 Å². The number of fused-ring (bicyclic) bond motifs is 1. The normalized spacial score (nSPS) is 11.6. The number of anilines is 1. The quantitative estimate of drug-likeness (QED) is 0.145. The van der Waals surface area contributed by atoms with Gasteiger partial charge in [-0.25, -0.2) is 4.98 Å². The molecule has 0 atom stereocenters. The maximum atomic E-state index is 12.3. The van der Waals surface area contributed by atoms with Gasteiger partial charge in [0.25, 0.3) is 5.88 Å². The van der Waals surface area contributed by atoms with Crippen molar-refractivity contribution in [3.8, 4) is 5.88 Å². The molecule has 0 bridgehead atoms. The summed E-state index contributed by atoms with van der Waals surface area (Å²) < 4.78 is 12.3. The van der Waals surface area contributed by atoms with Crippen molar-refractivity contribution in [2.45, 2.75) is 104 Å². The fraction of sp³-hybridized carbons (Fsp3) is 0.692. The van der Waals surface area contributed by atoms with Crippen LogP contribution in [0.25, 0.3) is 11.2 Å². The standard InChI is InChI=1S/C26H43N5O4/c1-2-3-4-5-6-7-8-9-10-11-12-13-14-15-16-17-22(33)35-25-23-24(29-26(27)30-25)31(20-28-23)21-34-19-18-32/h9-10,20,32H,2-8,11-19,21H2,1H3,(H2,27,29,30)/b10-9+. The van der Waals surface area contributed by atoms with Gasteiger partial charge in [-0.15, -0.1) is 0 Å². The van der Waals surface area contributed by atoms with Gasteiger partial charge >= 0.3 is 5.97 Å². The summed E-state index contributed by atoms with van der Waals surface area (Å²) in [5.41, 5.74) is 6.55. The topological polar surface area (TPSA) is 125 Å². The number of carbonyl (C=O) groups is 1. The Labute approximate surface area is 209 Å². The van der Waals surface area contributed by atoms with E-state index in [-0.39, 0.29) is 37.7 Å². The van der Waals surface area contributed by atoms with Crippen LogP contribution in [-0.4, -0.2) is 43.8 Å². The van der Waals surface area contributed by atoms with E-state index in [1.54, 1.807) is 4.57 Å². The van der Waals surface area contributed by atoms with Crippen LogP contribution in [0.1, 0.15) is 96.8 Å². The highest BCUT2D eigenvalue weighted by Crippen LogP contribution is 2.22. The second-order valence-corrected chi connectivity index (χ2v) is 8.84. The molecule has 0 aliphatic carbocycles. The molecule has 0 aliphatic rings. The van der Waals surface area contributed by atoms with Crippen molar-refractivity contribution in [3.63, 3.8) is 0 Å². The summed E-state index contributed by atoms with van der Waals surface area (Å²) in [5.74, 6) is -0.301. The lowest BCUT2D eigenvalue weighted by Crippen LogP contribution is -2.11. The van der Waals surface area contributed by atoms with Crippen LogP contribution in [0.15, 0.2) is 18.5 Å². The monoisotopic (exact) mass is 489 g/mol. The van der Waals surface area contributed by atoms with Gasteiger partial charge in [0.15, 0.2) is 11.2 Å². The number of carbonyl (C=O) groups excluding carboxylic acids is 1. The Bertz CT molecular complexity index is 884. The molecule has 0 amide bonds. The fourth-order valence-corrected chi connectivity index (χ4v) is 3.83. The number of rotatable bonds is 20. The van der Waals surface area contributed by atoms with Crippen LogP contribution in [-0.2, 0) is 16.3 Å². The highest BCUT2D eigenvalue weighted by atomic mass is 16.5. The summed E-state index contributed by atoms with van der Waals surface area (Å²) in [7, 11) is 0. The molecular formula is C26H43N5O4. The lowest BCUT2D eigenvalue weighted by atomic mass is 10.1. The molecule has 0 fully saturated rings. The number of esters is 1. The number of nitrogens with zero attached hydrogens (tertiary/aromatic N) is 4. The number of aromatic nitrogens is 4. The smallest absolute Gasteiger partial charge is 0.312 e. The first-order chi connectivity index (χ1) is 17.2. The van der Waals surface area contributed by atoms with Gasteiger partial charge in [-0.05, 0) is 32.1 Å². The average molecular weight is 490 g/mol. The molecule has 196 valence electrons. The Kier molecular flexibility index (Phi) is 14.6. The van der Waals surface area contributed by atoms with Gasteiger partial charge in [-0.2, -0.15) is 9.97 Å². The molecule has 0 aromatic carbocycles. The number of ether oxygens (including phenoxy) is 2. The Morgan fingerprint density at radius 1 is 1.00 bits per heavy atom. The van der Waals surface area contributed by atoms with Gasteiger partial charge < -0.3 is 20.3 Å². The average Bonchev–Trinajstić information content (AvgIpc) is 3.24. The zero-order valence-corrected chi connectivity index (χ0v) is 21.3. The van der Waals surface area contributed by atoms with Crippen molar-refractivity contribution in [3.05, 3.63) is 18.5 Å². The van der Waals surface area contributed by atoms with E-state index >= 15 is 0 Å². The molecule has 0 unspecified atom stereocenters. The van der Waals surface area contributed by atoms with Crippen molar-refractivity contribution in [2.24, 2.45) is 0 Å². The van der Waals surface area contributed by atoms with E-state index in [9.17, 15) is 4.79 Å². The maximum Gasteiger partial charge on any atom is 0.312 e. The SMILES string of the molecule is CCCCCCCC/C=C/CCCCCCCC(=O)Oc1nc(N)nc2c1ncn2COCCO. The van der Waals surface area contributed by atoms with Crippen molar-refractivity contribution in [2.75, 3.05) is 18.9 Å². The predicted molar refractivity (Wildman–Crippen MR) is 138 cm³/mol. The first kappa shape index (κ1) is 28.7. The van der Waals surface area contributed by atoms with Gasteiger partial charge in [-0.1, -0.05) is 70.4 Å². The summed E-state index contributed by atoms with van der Waals surface area (Å²) in [5, 5.41) is 8.84. The van der Waals surface area contributed by atoms with Gasteiger partial charge in [0.1, 0.15) is 6.73 Å². The highest BCUT2D eigenvalue weighted by Gasteiger charge is 2.16. The molecule has 0 radical (unpaired) electrons. The zero-order chi connectivity index (χ0) is 25.1. The van der Waals surface area contributed by atoms with E-state index in [4.69, 9.17) is 20.3 Å². The number of aliphatic hydroxyl groups excluding tert-OH is 1. The molecule has 2 rings (SSSR count). The number of imidazole rings is 1. The van der Waals surface area contributed by atoms with Gasteiger partial charge in [0.2, 0.25) is 5.95 Å². The van der Waals surface area contributed by atoms with Gasteiger partial charge in [0.05, 0.1) is 19.5 Å². The lowest BCUT2D eigenvalue weighted by Gasteiger charge is -2.07. The number of nitrogens with two attached hydrogens (primary N) is 1. The van der Waals surface area contributed by atoms with E-state index in [0.717, 1.165) is 25.7 Å². The Morgan fingerprint density at radius 2 is 1.66 bits per heavy atom. The predicted octanol–water partition coefficient (Wildman–Crippen LogP) is 5.32. The molecule has 2 aromatic rings. The summed E-state index contributed by atoms with van der Waals surface area (Å²) in [6.45, 7) is 2.51. The minimum Gasteiger partial charge on any atom is -0.405 e. The molecule has 2 aromatic heterocycles. The molecule has 0 saturated carbocycles. The number of allylic oxidation sites excluding steroid dienone is 2. The third-order valence-corrected chi connectivity index (χ3v) is 5.77. The van der Waals surface area contributed by atoms with Crippen molar-refractivity contribution >= 4 is 23.1 Å². The zero-order valence-electron chi connectivity index (χ0n) is 21.3. The number of unbranched alkanes of at least 4 members (excludes halogenated alkanes) is 11. The second-order valence-electron chi connectivity index (χ2n) is 8.84. The minimum absolute atomic E-state index is 0.00904. The number of hydrogen-bond acceptors (Lipinski definition) is 8. The van der Waals surface area contributed by atoms with Gasteiger partial charge in [-0.3, -0.25) is 9.36 Å². The number of hydrogen-bond donors (Lipinski definition) is 2. The first-order valence-corrected chi connectivity index (χ1v) is 13.2. The number of aliphatic hydroxyl groups is 1. The van der Waals surface area contributed by atoms with Gasteiger partial charge in [0, 0.05) is 6.42 Å². The summed E-state index contributed by atoms with van der Waals surface area (Å²) in [6, 6.07) is 0. The minimum atomic E-state index is -0.354. The molecule has 0 aliphatic heterocycles.